The predicted octanol–water partition coefficient (Wildman–Crippen LogP) is 3.23. The van der Waals surface area contributed by atoms with Gasteiger partial charge in [-0.2, -0.15) is 5.10 Å². The number of piperidine rings is 1. The van der Waals surface area contributed by atoms with E-state index in [2.05, 4.69) is 17.0 Å². The minimum Gasteiger partial charge on any atom is -0.481 e. The van der Waals surface area contributed by atoms with E-state index in [1.165, 1.54) is 16.2 Å². The van der Waals surface area contributed by atoms with Crippen LogP contribution < -0.4 is 4.90 Å². The van der Waals surface area contributed by atoms with Gasteiger partial charge >= 0.3 is 12.0 Å². The average Bonchev–Trinajstić information content (AvgIpc) is 3.75. The number of likely N-dealkylation sites (N-methyl/N-ethyl adjacent to an activating group) is 1. The van der Waals surface area contributed by atoms with Crippen LogP contribution in [0.15, 0.2) is 42.0 Å². The molecule has 11 nitrogen and oxygen atoms in total. The predicted molar refractivity (Wildman–Crippen MR) is 160 cm³/mol. The van der Waals surface area contributed by atoms with Gasteiger partial charge in [-0.1, -0.05) is 24.3 Å². The molecule has 12 heteroatoms. The highest BCUT2D eigenvalue weighted by Crippen LogP contribution is 2.42. The summed E-state index contributed by atoms with van der Waals surface area (Å²) in [5.74, 6) is -1.21. The van der Waals surface area contributed by atoms with Crippen molar-refractivity contribution in [1.82, 2.24) is 29.5 Å². The Morgan fingerprint density at radius 3 is 2.31 bits per heavy atom. The summed E-state index contributed by atoms with van der Waals surface area (Å²) in [4.78, 5) is 51.0. The van der Waals surface area contributed by atoms with Crippen LogP contribution in [0.5, 0.6) is 0 Å². The standard InChI is InChI=1S/C30H37N7O4S/c1-33-11-13-36(14-12-33)29(41)35-9-7-24(8-10-35)37-19-23(18-31-37)25-20-42-28(32-25)34(2)27(40)30(17-26(38)39)15-21-5-3-4-6-22(21)16-30/h3-6,18-20,24H,7-17H2,1-2H3,(H,38,39). The fourth-order valence-electron chi connectivity index (χ4n) is 6.52. The number of rotatable bonds is 6. The van der Waals surface area contributed by atoms with Gasteiger partial charge in [0.05, 0.1) is 29.8 Å². The van der Waals surface area contributed by atoms with Gasteiger partial charge in [-0.15, -0.1) is 11.3 Å². The molecule has 1 aliphatic carbocycles. The van der Waals surface area contributed by atoms with E-state index in [1.807, 2.05) is 50.3 Å². The lowest BCUT2D eigenvalue weighted by Crippen LogP contribution is -2.53. The Kier molecular flexibility index (Phi) is 7.75. The first-order chi connectivity index (χ1) is 20.2. The van der Waals surface area contributed by atoms with Crippen LogP contribution in [0.25, 0.3) is 11.3 Å². The van der Waals surface area contributed by atoms with Crippen molar-refractivity contribution in [2.75, 3.05) is 58.3 Å². The third-order valence-corrected chi connectivity index (χ3v) is 9.90. The molecule has 0 unspecified atom stereocenters. The van der Waals surface area contributed by atoms with Gasteiger partial charge in [0.1, 0.15) is 0 Å². The number of carboxylic acid groups (broad SMARTS) is 1. The Hall–Kier alpha value is -3.77. The maximum absolute atomic E-state index is 13.8. The maximum Gasteiger partial charge on any atom is 0.320 e. The number of carbonyl (C=O) groups is 3. The summed E-state index contributed by atoms with van der Waals surface area (Å²) in [5, 5.41) is 16.7. The summed E-state index contributed by atoms with van der Waals surface area (Å²) in [6, 6.07) is 8.14. The number of likely N-dealkylation sites (tertiary alicyclic amines) is 1. The van der Waals surface area contributed by atoms with Gasteiger partial charge in [-0.25, -0.2) is 9.78 Å². The number of benzene rings is 1. The van der Waals surface area contributed by atoms with Crippen molar-refractivity contribution in [2.45, 2.75) is 38.1 Å². The van der Waals surface area contributed by atoms with E-state index in [9.17, 15) is 19.5 Å². The van der Waals surface area contributed by atoms with E-state index >= 15 is 0 Å². The number of aliphatic carboxylic acids is 1. The Balaban J connectivity index is 1.10. The number of hydrogen-bond donors (Lipinski definition) is 1. The van der Waals surface area contributed by atoms with Crippen LogP contribution in [0.2, 0.25) is 0 Å². The fraction of sp³-hybridized carbons (Fsp3) is 0.500. The second-order valence-electron chi connectivity index (χ2n) is 11.9. The summed E-state index contributed by atoms with van der Waals surface area (Å²) < 4.78 is 1.97. The number of aromatic nitrogens is 3. The van der Waals surface area contributed by atoms with Gasteiger partial charge in [0.2, 0.25) is 5.91 Å². The summed E-state index contributed by atoms with van der Waals surface area (Å²) in [6.45, 7) is 4.81. The van der Waals surface area contributed by atoms with Gasteiger partial charge < -0.3 is 19.8 Å². The lowest BCUT2D eigenvalue weighted by atomic mass is 9.80. The Bertz CT molecular complexity index is 1440. The molecule has 4 heterocycles. The zero-order chi connectivity index (χ0) is 29.4. The SMILES string of the molecule is CN1CCN(C(=O)N2CCC(n3cc(-c4csc(N(C)C(=O)C5(CC(=O)O)Cc6ccccc6C5)n4)cn3)CC2)CC1. The summed E-state index contributed by atoms with van der Waals surface area (Å²) in [7, 11) is 3.77. The van der Waals surface area contributed by atoms with Crippen LogP contribution in [0.3, 0.4) is 0 Å². The number of amides is 3. The molecule has 0 bridgehead atoms. The highest BCUT2D eigenvalue weighted by Gasteiger charge is 2.47. The first kappa shape index (κ1) is 28.4. The molecule has 0 spiro atoms. The third kappa shape index (κ3) is 5.52. The monoisotopic (exact) mass is 591 g/mol. The summed E-state index contributed by atoms with van der Waals surface area (Å²) in [6.07, 6.45) is 6.05. The normalized spacial score (nSPS) is 19.1. The van der Waals surface area contributed by atoms with Crippen molar-refractivity contribution in [2.24, 2.45) is 5.41 Å². The Morgan fingerprint density at radius 2 is 1.67 bits per heavy atom. The van der Waals surface area contributed by atoms with Crippen molar-refractivity contribution >= 4 is 34.4 Å². The first-order valence-corrected chi connectivity index (χ1v) is 15.4. The molecule has 1 N–H and O–H groups in total. The van der Waals surface area contributed by atoms with Crippen LogP contribution in [0.1, 0.15) is 36.4 Å². The third-order valence-electron chi connectivity index (χ3n) is 8.98. The summed E-state index contributed by atoms with van der Waals surface area (Å²) >= 11 is 1.36. The molecule has 0 saturated carbocycles. The van der Waals surface area contributed by atoms with Crippen molar-refractivity contribution in [3.63, 3.8) is 0 Å². The molecule has 42 heavy (non-hydrogen) atoms. The number of anilines is 1. The first-order valence-electron chi connectivity index (χ1n) is 14.5. The molecule has 0 radical (unpaired) electrons. The molecule has 2 saturated heterocycles. The second-order valence-corrected chi connectivity index (χ2v) is 12.7. The zero-order valence-corrected chi connectivity index (χ0v) is 24.9. The maximum atomic E-state index is 13.8. The van der Waals surface area contributed by atoms with Crippen LogP contribution in [-0.4, -0.2) is 106 Å². The Labute approximate surface area is 249 Å². The van der Waals surface area contributed by atoms with E-state index in [-0.39, 0.29) is 24.4 Å². The van der Waals surface area contributed by atoms with E-state index in [0.29, 0.717) is 31.1 Å². The van der Waals surface area contributed by atoms with Gasteiger partial charge in [-0.05, 0) is 43.9 Å². The number of carbonyl (C=O) groups excluding carboxylic acids is 2. The number of piperazine rings is 1. The number of nitrogens with zero attached hydrogens (tertiary/aromatic N) is 7. The van der Waals surface area contributed by atoms with Gasteiger partial charge in [0.15, 0.2) is 5.13 Å². The fourth-order valence-corrected chi connectivity index (χ4v) is 7.32. The number of urea groups is 1. The number of fused-ring (bicyclic) bond motifs is 1. The van der Waals surface area contributed by atoms with Crippen LogP contribution in [0.4, 0.5) is 9.93 Å². The van der Waals surface area contributed by atoms with Crippen molar-refractivity contribution < 1.29 is 19.5 Å². The van der Waals surface area contributed by atoms with Gasteiger partial charge in [0, 0.05) is 63.5 Å². The molecular weight excluding hydrogens is 554 g/mol. The minimum atomic E-state index is -1.03. The molecule has 6 rings (SSSR count). The molecule has 3 amide bonds. The molecular formula is C30H37N7O4S. The molecule has 0 atom stereocenters. The van der Waals surface area contributed by atoms with Crippen molar-refractivity contribution in [3.05, 3.63) is 53.2 Å². The van der Waals surface area contributed by atoms with Gasteiger partial charge in [0.25, 0.3) is 0 Å². The highest BCUT2D eigenvalue weighted by molar-refractivity contribution is 7.14. The van der Waals surface area contributed by atoms with Crippen LogP contribution >= 0.6 is 11.3 Å². The van der Waals surface area contributed by atoms with E-state index in [4.69, 9.17) is 4.98 Å². The second kappa shape index (κ2) is 11.5. The molecule has 3 aliphatic rings. The average molecular weight is 592 g/mol. The topological polar surface area (TPSA) is 115 Å². The minimum absolute atomic E-state index is 0.142. The molecule has 222 valence electrons. The lowest BCUT2D eigenvalue weighted by Gasteiger charge is -2.38. The molecule has 3 aromatic rings. The van der Waals surface area contributed by atoms with Crippen molar-refractivity contribution in [1.29, 1.82) is 0 Å². The quantitative estimate of drug-likeness (QED) is 0.468. The summed E-state index contributed by atoms with van der Waals surface area (Å²) in [5.41, 5.74) is 2.62. The number of hydrogen-bond acceptors (Lipinski definition) is 7. The van der Waals surface area contributed by atoms with E-state index < -0.39 is 11.4 Å². The molecule has 1 aromatic carbocycles. The van der Waals surface area contributed by atoms with E-state index in [1.54, 1.807) is 13.2 Å². The van der Waals surface area contributed by atoms with Crippen LogP contribution in [0, 0.1) is 5.41 Å². The van der Waals surface area contributed by atoms with E-state index in [0.717, 1.165) is 61.4 Å². The largest absolute Gasteiger partial charge is 0.481 e. The molecule has 2 aliphatic heterocycles. The molecule has 2 aromatic heterocycles. The van der Waals surface area contributed by atoms with Crippen molar-refractivity contribution in [3.8, 4) is 11.3 Å². The zero-order valence-electron chi connectivity index (χ0n) is 24.1. The number of carboxylic acids is 1. The highest BCUT2D eigenvalue weighted by atomic mass is 32.1. The Morgan fingerprint density at radius 1 is 1.02 bits per heavy atom. The van der Waals surface area contributed by atoms with Gasteiger partial charge in [-0.3, -0.25) is 19.2 Å². The lowest BCUT2D eigenvalue weighted by molar-refractivity contribution is -0.144. The van der Waals surface area contributed by atoms with Crippen LogP contribution in [-0.2, 0) is 22.4 Å². The smallest absolute Gasteiger partial charge is 0.320 e. The number of thiazole rings is 1. The molecule has 2 fully saturated rings.